The first-order chi connectivity index (χ1) is 13.2. The van der Waals surface area contributed by atoms with E-state index < -0.39 is 12.0 Å². The van der Waals surface area contributed by atoms with Gasteiger partial charge in [-0.15, -0.1) is 0 Å². The number of aliphatic carboxylic acids is 1. The maximum Gasteiger partial charge on any atom is 0.328 e. The molecule has 136 valence electrons. The van der Waals surface area contributed by atoms with Gasteiger partial charge in [0.25, 0.3) is 0 Å². The quantitative estimate of drug-likeness (QED) is 0.653. The highest BCUT2D eigenvalue weighted by atomic mass is 16.5. The lowest BCUT2D eigenvalue weighted by Gasteiger charge is -2.13. The third-order valence-corrected chi connectivity index (χ3v) is 4.06. The SMILES string of the molecule is COc1cccc(C[C@H](N=C(c2ccccc2)c2ccccc2)C(=O)O)n1. The van der Waals surface area contributed by atoms with Gasteiger partial charge in [-0.1, -0.05) is 66.7 Å². The number of benzene rings is 2. The Labute approximate surface area is 158 Å². The van der Waals surface area contributed by atoms with Gasteiger partial charge in [-0.25, -0.2) is 9.78 Å². The van der Waals surface area contributed by atoms with E-state index >= 15 is 0 Å². The van der Waals surface area contributed by atoms with Crippen LogP contribution in [0.25, 0.3) is 0 Å². The van der Waals surface area contributed by atoms with Crippen molar-refractivity contribution in [2.45, 2.75) is 12.5 Å². The molecule has 0 spiro atoms. The first-order valence-electron chi connectivity index (χ1n) is 8.58. The van der Waals surface area contributed by atoms with Crippen LogP contribution in [0.15, 0.2) is 83.9 Å². The standard InChI is InChI=1S/C22H20N2O3/c1-27-20-14-8-13-18(23-20)15-19(22(25)26)24-21(16-9-4-2-5-10-16)17-11-6-3-7-12-17/h2-14,19H,15H2,1H3,(H,25,26)/t19-/m0/s1. The minimum Gasteiger partial charge on any atom is -0.481 e. The summed E-state index contributed by atoms with van der Waals surface area (Å²) in [5.74, 6) is -0.545. The van der Waals surface area contributed by atoms with E-state index in [1.807, 2.05) is 60.7 Å². The van der Waals surface area contributed by atoms with E-state index in [9.17, 15) is 9.90 Å². The number of aliphatic imine (C=N–C) groups is 1. The molecule has 0 bridgehead atoms. The molecule has 1 heterocycles. The Morgan fingerprint density at radius 1 is 0.963 bits per heavy atom. The van der Waals surface area contributed by atoms with Gasteiger partial charge in [0.1, 0.15) is 0 Å². The Morgan fingerprint density at radius 3 is 2.07 bits per heavy atom. The van der Waals surface area contributed by atoms with Gasteiger partial charge in [-0.3, -0.25) is 4.99 Å². The predicted octanol–water partition coefficient (Wildman–Crippen LogP) is 3.62. The Hall–Kier alpha value is -3.47. The van der Waals surface area contributed by atoms with Crippen molar-refractivity contribution in [1.82, 2.24) is 4.98 Å². The molecule has 0 radical (unpaired) electrons. The zero-order valence-corrected chi connectivity index (χ0v) is 14.9. The van der Waals surface area contributed by atoms with E-state index in [1.54, 1.807) is 18.2 Å². The minimum absolute atomic E-state index is 0.176. The topological polar surface area (TPSA) is 71.8 Å². The molecule has 27 heavy (non-hydrogen) atoms. The number of rotatable bonds is 7. The molecule has 5 nitrogen and oxygen atoms in total. The van der Waals surface area contributed by atoms with Crippen molar-refractivity contribution in [3.05, 3.63) is 95.7 Å². The molecule has 1 atom stereocenters. The molecule has 0 aliphatic heterocycles. The minimum atomic E-state index is -0.996. The summed E-state index contributed by atoms with van der Waals surface area (Å²) in [4.78, 5) is 20.8. The molecule has 1 aromatic heterocycles. The lowest BCUT2D eigenvalue weighted by atomic mass is 10.0. The molecular formula is C22H20N2O3. The lowest BCUT2D eigenvalue weighted by molar-refractivity contribution is -0.138. The second kappa shape index (κ2) is 8.76. The second-order valence-electron chi connectivity index (χ2n) is 5.94. The number of hydrogen-bond donors (Lipinski definition) is 1. The molecule has 0 amide bonds. The zero-order valence-electron chi connectivity index (χ0n) is 14.9. The fourth-order valence-corrected chi connectivity index (χ4v) is 2.73. The number of hydrogen-bond acceptors (Lipinski definition) is 4. The van der Waals surface area contributed by atoms with Crippen LogP contribution in [0.3, 0.4) is 0 Å². The highest BCUT2D eigenvalue weighted by Crippen LogP contribution is 2.15. The van der Waals surface area contributed by atoms with Crippen LogP contribution in [0.5, 0.6) is 5.88 Å². The highest BCUT2D eigenvalue weighted by Gasteiger charge is 2.20. The molecule has 0 saturated heterocycles. The molecular weight excluding hydrogens is 340 g/mol. The predicted molar refractivity (Wildman–Crippen MR) is 104 cm³/mol. The van der Waals surface area contributed by atoms with Crippen molar-refractivity contribution in [1.29, 1.82) is 0 Å². The summed E-state index contributed by atoms with van der Waals surface area (Å²) in [7, 11) is 1.53. The van der Waals surface area contributed by atoms with E-state index in [2.05, 4.69) is 9.98 Å². The average molecular weight is 360 g/mol. The number of carboxylic acids is 1. The number of nitrogens with zero attached hydrogens (tertiary/aromatic N) is 2. The normalized spacial score (nSPS) is 11.4. The van der Waals surface area contributed by atoms with Crippen LogP contribution in [-0.4, -0.2) is 34.9 Å². The summed E-state index contributed by atoms with van der Waals surface area (Å²) in [6.45, 7) is 0. The average Bonchev–Trinajstić information content (AvgIpc) is 2.72. The monoisotopic (exact) mass is 360 g/mol. The third kappa shape index (κ3) is 4.79. The lowest BCUT2D eigenvalue weighted by Crippen LogP contribution is -2.24. The number of methoxy groups -OCH3 is 1. The molecule has 0 unspecified atom stereocenters. The van der Waals surface area contributed by atoms with Gasteiger partial charge in [-0.2, -0.15) is 0 Å². The third-order valence-electron chi connectivity index (χ3n) is 4.06. The van der Waals surface area contributed by atoms with Gasteiger partial charge in [0, 0.05) is 29.3 Å². The van der Waals surface area contributed by atoms with Crippen LogP contribution in [0.2, 0.25) is 0 Å². The van der Waals surface area contributed by atoms with E-state index in [4.69, 9.17) is 4.74 Å². The van der Waals surface area contributed by atoms with Gasteiger partial charge in [0.15, 0.2) is 6.04 Å². The fraction of sp³-hybridized carbons (Fsp3) is 0.136. The van der Waals surface area contributed by atoms with Crippen LogP contribution in [0, 0.1) is 0 Å². The molecule has 1 N–H and O–H groups in total. The summed E-state index contributed by atoms with van der Waals surface area (Å²) in [5.41, 5.74) is 3.00. The largest absolute Gasteiger partial charge is 0.481 e. The summed E-state index contributed by atoms with van der Waals surface area (Å²) >= 11 is 0. The first kappa shape index (κ1) is 18.3. The molecule has 2 aromatic carbocycles. The van der Waals surface area contributed by atoms with Gasteiger partial charge in [-0.05, 0) is 6.07 Å². The van der Waals surface area contributed by atoms with Crippen molar-refractivity contribution in [2.24, 2.45) is 4.99 Å². The zero-order chi connectivity index (χ0) is 19.1. The summed E-state index contributed by atoms with van der Waals surface area (Å²) in [6, 6.07) is 23.5. The maximum absolute atomic E-state index is 11.9. The van der Waals surface area contributed by atoms with Crippen molar-refractivity contribution in [3.8, 4) is 5.88 Å². The molecule has 3 rings (SSSR count). The number of carboxylic acid groups (broad SMARTS) is 1. The van der Waals surface area contributed by atoms with Crippen molar-refractivity contribution < 1.29 is 14.6 Å². The second-order valence-corrected chi connectivity index (χ2v) is 5.94. The summed E-state index contributed by atoms with van der Waals surface area (Å²) < 4.78 is 5.12. The van der Waals surface area contributed by atoms with Crippen LogP contribution in [0.1, 0.15) is 16.8 Å². The maximum atomic E-state index is 11.9. The van der Waals surface area contributed by atoms with Crippen molar-refractivity contribution >= 4 is 11.7 Å². The highest BCUT2D eigenvalue weighted by molar-refractivity contribution is 6.13. The van der Waals surface area contributed by atoms with Crippen LogP contribution < -0.4 is 4.74 Å². The first-order valence-corrected chi connectivity index (χ1v) is 8.58. The fourth-order valence-electron chi connectivity index (χ4n) is 2.73. The van der Waals surface area contributed by atoms with Crippen LogP contribution in [0.4, 0.5) is 0 Å². The smallest absolute Gasteiger partial charge is 0.328 e. The van der Waals surface area contributed by atoms with Crippen LogP contribution in [-0.2, 0) is 11.2 Å². The Bertz CT molecular complexity index is 883. The molecule has 0 fully saturated rings. The van der Waals surface area contributed by atoms with Crippen molar-refractivity contribution in [2.75, 3.05) is 7.11 Å². The molecule has 0 aliphatic rings. The van der Waals surface area contributed by atoms with Crippen LogP contribution >= 0.6 is 0 Å². The molecule has 5 heteroatoms. The number of ether oxygens (including phenoxy) is 1. The number of pyridine rings is 1. The van der Waals surface area contributed by atoms with E-state index in [-0.39, 0.29) is 6.42 Å². The van der Waals surface area contributed by atoms with E-state index in [0.717, 1.165) is 11.1 Å². The number of aromatic nitrogens is 1. The molecule has 0 aliphatic carbocycles. The summed E-state index contributed by atoms with van der Waals surface area (Å²) in [6.07, 6.45) is 0.176. The Kier molecular flexibility index (Phi) is 5.94. The Morgan fingerprint density at radius 2 is 1.56 bits per heavy atom. The van der Waals surface area contributed by atoms with E-state index in [1.165, 1.54) is 7.11 Å². The van der Waals surface area contributed by atoms with Gasteiger partial charge in [0.05, 0.1) is 12.8 Å². The molecule has 0 saturated carbocycles. The molecule has 3 aromatic rings. The van der Waals surface area contributed by atoms with Crippen molar-refractivity contribution in [3.63, 3.8) is 0 Å². The van der Waals surface area contributed by atoms with Gasteiger partial charge in [0.2, 0.25) is 5.88 Å². The van der Waals surface area contributed by atoms with Gasteiger partial charge < -0.3 is 9.84 Å². The Balaban J connectivity index is 2.00. The number of carbonyl (C=O) groups is 1. The van der Waals surface area contributed by atoms with E-state index in [0.29, 0.717) is 17.3 Å². The van der Waals surface area contributed by atoms with Gasteiger partial charge >= 0.3 is 5.97 Å². The summed E-state index contributed by atoms with van der Waals surface area (Å²) in [5, 5.41) is 9.74.